The smallest absolute Gasteiger partial charge is 0.223 e. The average molecular weight is 321 g/mol. The largest absolute Gasteiger partial charge is 0.507 e. The maximum absolute atomic E-state index is 10.5. The lowest BCUT2D eigenvalue weighted by Crippen LogP contribution is -2.18. The van der Waals surface area contributed by atoms with Gasteiger partial charge in [0.25, 0.3) is 0 Å². The minimum Gasteiger partial charge on any atom is -0.507 e. The van der Waals surface area contributed by atoms with Gasteiger partial charge in [0.1, 0.15) is 5.75 Å². The Labute approximate surface area is 142 Å². The van der Waals surface area contributed by atoms with Crippen molar-refractivity contribution < 1.29 is 5.11 Å². The number of hydrogen-bond acceptors (Lipinski definition) is 4. The second kappa shape index (κ2) is 6.87. The van der Waals surface area contributed by atoms with E-state index >= 15 is 0 Å². The average Bonchev–Trinajstić information content (AvgIpc) is 2.59. The molecular formula is C20H23N3O. The van der Waals surface area contributed by atoms with E-state index in [1.165, 1.54) is 0 Å². The Balaban J connectivity index is 2.02. The number of nitrogens with one attached hydrogen (secondary N) is 1. The zero-order chi connectivity index (χ0) is 17.1. The summed E-state index contributed by atoms with van der Waals surface area (Å²) >= 11 is 0. The Kier molecular flexibility index (Phi) is 4.65. The standard InChI is InChI=1S/C20H23N3O/c1-4-15(5-2)22-20-21-12-14-10-17(19(24)11-18(14)23-20)16-9-7-6-8-13(16)3/h6-12,15,24H,4-5H2,1-3H3,(H,21,22,23). The normalized spacial score (nSPS) is 11.2. The number of aromatic hydroxyl groups is 1. The second-order valence-electron chi connectivity index (χ2n) is 6.09. The molecule has 1 heterocycles. The van der Waals surface area contributed by atoms with Crippen molar-refractivity contribution in [1.29, 1.82) is 0 Å². The van der Waals surface area contributed by atoms with E-state index in [1.54, 1.807) is 6.07 Å². The molecule has 0 fully saturated rings. The second-order valence-corrected chi connectivity index (χ2v) is 6.09. The first-order chi connectivity index (χ1) is 11.6. The van der Waals surface area contributed by atoms with Crippen LogP contribution in [0.5, 0.6) is 5.75 Å². The maximum atomic E-state index is 10.5. The van der Waals surface area contributed by atoms with Crippen LogP contribution in [-0.4, -0.2) is 21.1 Å². The highest BCUT2D eigenvalue weighted by atomic mass is 16.3. The number of phenolic OH excluding ortho intramolecular Hbond substituents is 1. The van der Waals surface area contributed by atoms with Gasteiger partial charge in [-0.2, -0.15) is 0 Å². The molecular weight excluding hydrogens is 298 g/mol. The third-order valence-electron chi connectivity index (χ3n) is 4.45. The zero-order valence-corrected chi connectivity index (χ0v) is 14.4. The third kappa shape index (κ3) is 3.18. The first kappa shape index (κ1) is 16.2. The molecule has 1 aromatic heterocycles. The monoisotopic (exact) mass is 321 g/mol. The molecule has 0 saturated heterocycles. The van der Waals surface area contributed by atoms with Gasteiger partial charge < -0.3 is 10.4 Å². The highest BCUT2D eigenvalue weighted by Gasteiger charge is 2.11. The van der Waals surface area contributed by atoms with E-state index < -0.39 is 0 Å². The van der Waals surface area contributed by atoms with Crippen molar-refractivity contribution in [3.05, 3.63) is 48.2 Å². The molecule has 4 nitrogen and oxygen atoms in total. The van der Waals surface area contributed by atoms with E-state index in [4.69, 9.17) is 0 Å². The number of phenols is 1. The molecule has 0 amide bonds. The summed E-state index contributed by atoms with van der Waals surface area (Å²) in [5.74, 6) is 0.850. The van der Waals surface area contributed by atoms with Crippen molar-refractivity contribution in [1.82, 2.24) is 9.97 Å². The lowest BCUT2D eigenvalue weighted by molar-refractivity contribution is 0.478. The molecule has 2 N–H and O–H groups in total. The summed E-state index contributed by atoms with van der Waals surface area (Å²) < 4.78 is 0. The third-order valence-corrected chi connectivity index (χ3v) is 4.45. The Morgan fingerprint density at radius 3 is 2.54 bits per heavy atom. The summed E-state index contributed by atoms with van der Waals surface area (Å²) in [6, 6.07) is 12.1. The molecule has 3 aromatic rings. The number of hydrogen-bond donors (Lipinski definition) is 2. The zero-order valence-electron chi connectivity index (χ0n) is 14.4. The van der Waals surface area contributed by atoms with Gasteiger partial charge in [-0.05, 0) is 37.0 Å². The summed E-state index contributed by atoms with van der Waals surface area (Å²) in [4.78, 5) is 8.97. The van der Waals surface area contributed by atoms with Gasteiger partial charge in [-0.15, -0.1) is 0 Å². The molecule has 0 radical (unpaired) electrons. The van der Waals surface area contributed by atoms with Crippen molar-refractivity contribution in [2.24, 2.45) is 0 Å². The van der Waals surface area contributed by atoms with E-state index in [1.807, 2.05) is 43.5 Å². The molecule has 4 heteroatoms. The van der Waals surface area contributed by atoms with Crippen LogP contribution in [0, 0.1) is 6.92 Å². The maximum Gasteiger partial charge on any atom is 0.223 e. The number of nitrogens with zero attached hydrogens (tertiary/aromatic N) is 2. The Hall–Kier alpha value is -2.62. The first-order valence-electron chi connectivity index (χ1n) is 8.44. The minimum absolute atomic E-state index is 0.240. The summed E-state index contributed by atoms with van der Waals surface area (Å²) in [6.07, 6.45) is 3.86. The number of fused-ring (bicyclic) bond motifs is 1. The number of benzene rings is 2. The van der Waals surface area contributed by atoms with E-state index in [2.05, 4.69) is 29.1 Å². The predicted octanol–water partition coefficient (Wildman–Crippen LogP) is 4.91. The van der Waals surface area contributed by atoms with Crippen LogP contribution in [0.1, 0.15) is 32.3 Å². The molecule has 0 spiro atoms. The molecule has 2 aromatic carbocycles. The first-order valence-corrected chi connectivity index (χ1v) is 8.44. The van der Waals surface area contributed by atoms with Crippen molar-refractivity contribution in [3.8, 4) is 16.9 Å². The van der Waals surface area contributed by atoms with Crippen LogP contribution in [0.2, 0.25) is 0 Å². The lowest BCUT2D eigenvalue weighted by Gasteiger charge is -2.15. The number of aryl methyl sites for hydroxylation is 1. The summed E-state index contributed by atoms with van der Waals surface area (Å²) in [5.41, 5.74) is 3.70. The fourth-order valence-corrected chi connectivity index (χ4v) is 2.90. The van der Waals surface area contributed by atoms with Gasteiger partial charge in [-0.25, -0.2) is 9.97 Å². The molecule has 0 aliphatic rings. The van der Waals surface area contributed by atoms with Crippen LogP contribution < -0.4 is 5.32 Å². The van der Waals surface area contributed by atoms with Crippen LogP contribution in [0.4, 0.5) is 5.95 Å². The quantitative estimate of drug-likeness (QED) is 0.701. The molecule has 3 rings (SSSR count). The van der Waals surface area contributed by atoms with Gasteiger partial charge in [0.05, 0.1) is 5.52 Å². The summed E-state index contributed by atoms with van der Waals surface area (Å²) in [7, 11) is 0. The molecule has 0 aliphatic heterocycles. The predicted molar refractivity (Wildman–Crippen MR) is 99.4 cm³/mol. The van der Waals surface area contributed by atoms with Crippen LogP contribution in [0.25, 0.3) is 22.0 Å². The van der Waals surface area contributed by atoms with Crippen LogP contribution >= 0.6 is 0 Å². The molecule has 0 unspecified atom stereocenters. The number of aromatic nitrogens is 2. The highest BCUT2D eigenvalue weighted by Crippen LogP contribution is 2.34. The highest BCUT2D eigenvalue weighted by molar-refractivity contribution is 5.88. The van der Waals surface area contributed by atoms with Crippen molar-refractivity contribution >= 4 is 16.9 Å². The van der Waals surface area contributed by atoms with Crippen molar-refractivity contribution in [2.45, 2.75) is 39.7 Å². The van der Waals surface area contributed by atoms with E-state index in [9.17, 15) is 5.11 Å². The van der Waals surface area contributed by atoms with Gasteiger partial charge in [0.2, 0.25) is 5.95 Å². The molecule has 0 bridgehead atoms. The Morgan fingerprint density at radius 2 is 1.83 bits per heavy atom. The summed E-state index contributed by atoms with van der Waals surface area (Å²) in [5, 5.41) is 14.7. The van der Waals surface area contributed by atoms with Crippen LogP contribution in [0.3, 0.4) is 0 Å². The molecule has 24 heavy (non-hydrogen) atoms. The number of rotatable bonds is 5. The molecule has 0 saturated carbocycles. The van der Waals surface area contributed by atoms with E-state index in [-0.39, 0.29) is 5.75 Å². The van der Waals surface area contributed by atoms with Crippen molar-refractivity contribution in [2.75, 3.05) is 5.32 Å². The SMILES string of the molecule is CCC(CC)Nc1ncc2cc(-c3ccccc3C)c(O)cc2n1. The Morgan fingerprint density at radius 1 is 1.08 bits per heavy atom. The van der Waals surface area contributed by atoms with Crippen LogP contribution in [0.15, 0.2) is 42.6 Å². The fraction of sp³-hybridized carbons (Fsp3) is 0.300. The van der Waals surface area contributed by atoms with E-state index in [0.717, 1.165) is 40.4 Å². The van der Waals surface area contributed by atoms with Gasteiger partial charge in [0.15, 0.2) is 0 Å². The minimum atomic E-state index is 0.240. The topological polar surface area (TPSA) is 58.0 Å². The number of anilines is 1. The van der Waals surface area contributed by atoms with Gasteiger partial charge in [0, 0.05) is 29.3 Å². The Bertz CT molecular complexity index is 857. The lowest BCUT2D eigenvalue weighted by atomic mass is 9.98. The van der Waals surface area contributed by atoms with Gasteiger partial charge >= 0.3 is 0 Å². The molecule has 0 atom stereocenters. The van der Waals surface area contributed by atoms with E-state index in [0.29, 0.717) is 12.0 Å². The van der Waals surface area contributed by atoms with Gasteiger partial charge in [-0.3, -0.25) is 0 Å². The molecule has 0 aliphatic carbocycles. The summed E-state index contributed by atoms with van der Waals surface area (Å²) in [6.45, 7) is 6.32. The fourth-order valence-electron chi connectivity index (χ4n) is 2.90. The molecule has 124 valence electrons. The van der Waals surface area contributed by atoms with Gasteiger partial charge in [-0.1, -0.05) is 38.1 Å². The van der Waals surface area contributed by atoms with Crippen LogP contribution in [-0.2, 0) is 0 Å². The van der Waals surface area contributed by atoms with Crippen molar-refractivity contribution in [3.63, 3.8) is 0 Å².